The number of amides is 1. The molecule has 0 aliphatic carbocycles. The van der Waals surface area contributed by atoms with E-state index in [0.29, 0.717) is 21.8 Å². The molecule has 5 N–H and O–H groups in total. The zero-order valence-corrected chi connectivity index (χ0v) is 16.2. The molecule has 1 saturated heterocycles. The molecule has 3 aromatic heterocycles. The van der Waals surface area contributed by atoms with Gasteiger partial charge < -0.3 is 26.1 Å². The Bertz CT molecular complexity index is 1030. The number of aryl methyl sites for hydroxylation is 1. The van der Waals surface area contributed by atoms with Crippen molar-refractivity contribution in [2.75, 3.05) is 29.0 Å². The highest BCUT2D eigenvalue weighted by Gasteiger charge is 2.25. The number of aromatic nitrogens is 3. The lowest BCUT2D eigenvalue weighted by molar-refractivity contribution is 0.102. The number of nitrogens with zero attached hydrogens (tertiary/aromatic N) is 4. The molecule has 28 heavy (non-hydrogen) atoms. The van der Waals surface area contributed by atoms with Crippen LogP contribution in [0.5, 0.6) is 0 Å². The number of pyridine rings is 1. The molecule has 4 heterocycles. The largest absolute Gasteiger partial charge is 0.437 e. The number of rotatable bonds is 3. The summed E-state index contributed by atoms with van der Waals surface area (Å²) >= 11 is 6.11. The van der Waals surface area contributed by atoms with Gasteiger partial charge in [0.05, 0.1) is 11.2 Å². The van der Waals surface area contributed by atoms with Crippen molar-refractivity contribution >= 4 is 46.0 Å². The Morgan fingerprint density at radius 2 is 2.21 bits per heavy atom. The minimum absolute atomic E-state index is 0.0284. The minimum atomic E-state index is -0.424. The van der Waals surface area contributed by atoms with Gasteiger partial charge in [-0.15, -0.1) is 0 Å². The normalized spacial score (nSPS) is 17.7. The van der Waals surface area contributed by atoms with Crippen molar-refractivity contribution in [2.24, 2.45) is 12.8 Å². The summed E-state index contributed by atoms with van der Waals surface area (Å²) in [6, 6.07) is 1.78. The van der Waals surface area contributed by atoms with Gasteiger partial charge >= 0.3 is 0 Å². The molecule has 0 spiro atoms. The molecule has 1 amide bonds. The molecule has 9 nitrogen and oxygen atoms in total. The van der Waals surface area contributed by atoms with E-state index in [1.54, 1.807) is 16.9 Å². The molecule has 0 aromatic carbocycles. The van der Waals surface area contributed by atoms with Crippen molar-refractivity contribution in [2.45, 2.75) is 25.3 Å². The number of hydrogen-bond acceptors (Lipinski definition) is 7. The Labute approximate surface area is 166 Å². The molecule has 4 rings (SSSR count). The number of nitrogens with two attached hydrogens (primary N) is 2. The van der Waals surface area contributed by atoms with Gasteiger partial charge in [-0.3, -0.25) is 14.5 Å². The summed E-state index contributed by atoms with van der Waals surface area (Å²) in [5, 5.41) is 7.56. The van der Waals surface area contributed by atoms with Crippen LogP contribution in [0.25, 0.3) is 11.1 Å². The molecule has 0 radical (unpaired) electrons. The molecule has 148 valence electrons. The van der Waals surface area contributed by atoms with Crippen molar-refractivity contribution in [1.29, 1.82) is 0 Å². The minimum Gasteiger partial charge on any atom is -0.437 e. The van der Waals surface area contributed by atoms with Gasteiger partial charge in [0.1, 0.15) is 16.8 Å². The molecule has 0 bridgehead atoms. The van der Waals surface area contributed by atoms with Crippen molar-refractivity contribution < 1.29 is 9.21 Å². The Kier molecular flexibility index (Phi) is 4.86. The average Bonchev–Trinajstić information content (AvgIpc) is 3.10. The van der Waals surface area contributed by atoms with E-state index in [4.69, 9.17) is 27.5 Å². The van der Waals surface area contributed by atoms with Gasteiger partial charge in [0, 0.05) is 32.4 Å². The lowest BCUT2D eigenvalue weighted by Gasteiger charge is -2.24. The van der Waals surface area contributed by atoms with Crippen LogP contribution < -0.4 is 21.7 Å². The maximum Gasteiger partial charge on any atom is 0.263 e. The van der Waals surface area contributed by atoms with Crippen LogP contribution >= 0.6 is 11.6 Å². The van der Waals surface area contributed by atoms with Gasteiger partial charge in [-0.25, -0.2) is 0 Å². The van der Waals surface area contributed by atoms with Gasteiger partial charge in [-0.2, -0.15) is 5.10 Å². The lowest BCUT2D eigenvalue weighted by atomic mass is 10.1. The Morgan fingerprint density at radius 3 is 3.04 bits per heavy atom. The van der Waals surface area contributed by atoms with Crippen molar-refractivity contribution in [3.8, 4) is 0 Å². The first-order valence-corrected chi connectivity index (χ1v) is 9.50. The molecule has 1 atom stereocenters. The first kappa shape index (κ1) is 18.6. The fourth-order valence-electron chi connectivity index (χ4n) is 3.61. The zero-order chi connectivity index (χ0) is 19.8. The van der Waals surface area contributed by atoms with Gasteiger partial charge in [0.2, 0.25) is 5.88 Å². The van der Waals surface area contributed by atoms with Gasteiger partial charge in [0.25, 0.3) is 5.91 Å². The second kappa shape index (κ2) is 7.33. The quantitative estimate of drug-likeness (QED) is 0.612. The van der Waals surface area contributed by atoms with Gasteiger partial charge in [0.15, 0.2) is 11.4 Å². The van der Waals surface area contributed by atoms with E-state index in [-0.39, 0.29) is 17.5 Å². The van der Waals surface area contributed by atoms with E-state index >= 15 is 0 Å². The third kappa shape index (κ3) is 3.27. The molecule has 3 aromatic rings. The number of nitrogen functional groups attached to an aromatic ring is 1. The highest BCUT2D eigenvalue weighted by molar-refractivity contribution is 6.35. The van der Waals surface area contributed by atoms with Crippen LogP contribution in [0.3, 0.4) is 0 Å². The fraction of sp³-hybridized carbons (Fsp3) is 0.389. The fourth-order valence-corrected chi connectivity index (χ4v) is 3.79. The summed E-state index contributed by atoms with van der Waals surface area (Å²) in [5.74, 6) is 0.380. The highest BCUT2D eigenvalue weighted by Crippen LogP contribution is 2.33. The maximum absolute atomic E-state index is 13.0. The van der Waals surface area contributed by atoms with E-state index in [9.17, 15) is 4.79 Å². The van der Waals surface area contributed by atoms with Gasteiger partial charge in [-0.1, -0.05) is 11.6 Å². The first-order valence-electron chi connectivity index (χ1n) is 9.12. The number of fused-ring (bicyclic) bond motifs is 1. The second-order valence-electron chi connectivity index (χ2n) is 6.95. The SMILES string of the molecule is Cn1ncc(NC(=O)c2c(N)oc3c(Cl)ccnc23)c1N1CCCC(N)CC1. The molecule has 1 aliphatic rings. The van der Waals surface area contributed by atoms with Crippen molar-refractivity contribution in [3.05, 3.63) is 29.0 Å². The van der Waals surface area contributed by atoms with Crippen LogP contribution in [0, 0.1) is 0 Å². The third-order valence-electron chi connectivity index (χ3n) is 5.01. The van der Waals surface area contributed by atoms with Crippen LogP contribution in [0.2, 0.25) is 5.02 Å². The second-order valence-corrected chi connectivity index (χ2v) is 7.36. The molecular weight excluding hydrogens is 382 g/mol. The smallest absolute Gasteiger partial charge is 0.263 e. The molecule has 10 heteroatoms. The molecule has 0 saturated carbocycles. The van der Waals surface area contributed by atoms with Crippen LogP contribution in [0.15, 0.2) is 22.9 Å². The standard InChI is InChI=1S/C18H22ClN7O2/c1-25-18(26-7-2-3-10(20)5-8-26)12(9-23-25)24-17(27)13-14-15(28-16(13)21)11(19)4-6-22-14/h4,6,9-10H,2-3,5,7-8,20-21H2,1H3,(H,24,27). The number of furan rings is 1. The van der Waals surface area contributed by atoms with Gasteiger partial charge in [-0.05, 0) is 25.3 Å². The summed E-state index contributed by atoms with van der Waals surface area (Å²) in [6.07, 6.45) is 5.99. The molecule has 1 fully saturated rings. The predicted molar refractivity (Wildman–Crippen MR) is 109 cm³/mol. The lowest BCUT2D eigenvalue weighted by Crippen LogP contribution is -2.29. The first-order chi connectivity index (χ1) is 13.5. The van der Waals surface area contributed by atoms with Crippen LogP contribution in [-0.2, 0) is 7.05 Å². The summed E-state index contributed by atoms with van der Waals surface area (Å²) in [5.41, 5.74) is 13.4. The average molecular weight is 404 g/mol. The molecular formula is C18H22ClN7O2. The van der Waals surface area contributed by atoms with E-state index < -0.39 is 5.91 Å². The maximum atomic E-state index is 13.0. The number of nitrogens with one attached hydrogen (secondary N) is 1. The van der Waals surface area contributed by atoms with E-state index in [2.05, 4.69) is 20.3 Å². The Hall–Kier alpha value is -2.78. The zero-order valence-electron chi connectivity index (χ0n) is 15.5. The van der Waals surface area contributed by atoms with Crippen LogP contribution in [-0.4, -0.2) is 39.8 Å². The summed E-state index contributed by atoms with van der Waals surface area (Å²) in [7, 11) is 1.85. The number of carbonyl (C=O) groups is 1. The van der Waals surface area contributed by atoms with E-state index in [0.717, 1.165) is 38.2 Å². The third-order valence-corrected chi connectivity index (χ3v) is 5.30. The highest BCUT2D eigenvalue weighted by atomic mass is 35.5. The number of carbonyl (C=O) groups excluding carboxylic acids is 1. The number of hydrogen-bond donors (Lipinski definition) is 3. The Morgan fingerprint density at radius 1 is 1.39 bits per heavy atom. The summed E-state index contributed by atoms with van der Waals surface area (Å²) < 4.78 is 7.19. The number of anilines is 3. The van der Waals surface area contributed by atoms with Crippen LogP contribution in [0.4, 0.5) is 17.4 Å². The monoisotopic (exact) mass is 403 g/mol. The summed E-state index contributed by atoms with van der Waals surface area (Å²) in [4.78, 5) is 19.4. The summed E-state index contributed by atoms with van der Waals surface area (Å²) in [6.45, 7) is 1.65. The van der Waals surface area contributed by atoms with E-state index in [1.807, 2.05) is 7.05 Å². The topological polar surface area (TPSA) is 128 Å². The van der Waals surface area contributed by atoms with E-state index in [1.165, 1.54) is 6.20 Å². The Balaban J connectivity index is 1.65. The molecule has 1 aliphatic heterocycles. The number of halogens is 1. The molecule has 1 unspecified atom stereocenters. The van der Waals surface area contributed by atoms with Crippen LogP contribution in [0.1, 0.15) is 29.6 Å². The van der Waals surface area contributed by atoms with Crippen molar-refractivity contribution in [3.63, 3.8) is 0 Å². The van der Waals surface area contributed by atoms with Crippen molar-refractivity contribution in [1.82, 2.24) is 14.8 Å². The predicted octanol–water partition coefficient (Wildman–Crippen LogP) is 2.37.